The van der Waals surface area contributed by atoms with E-state index in [0.29, 0.717) is 56.1 Å². The minimum Gasteiger partial charge on any atom is -0.481 e. The van der Waals surface area contributed by atoms with Crippen LogP contribution in [0.2, 0.25) is 5.02 Å². The average Bonchev–Trinajstić information content (AvgIpc) is 1.65. The van der Waals surface area contributed by atoms with Gasteiger partial charge in [0.25, 0.3) is 0 Å². The number of aliphatic hydroxyl groups is 1. The summed E-state index contributed by atoms with van der Waals surface area (Å²) in [4.78, 5) is 290. The lowest BCUT2D eigenvalue weighted by Gasteiger charge is -2.33. The maximum Gasteiger partial charge on any atom is 0.490 e. The molecule has 2 aromatic carbocycles. The third-order valence-electron chi connectivity index (χ3n) is 25.3. The molecule has 5 fully saturated rings. The Morgan fingerprint density at radius 1 is 0.558 bits per heavy atom. The van der Waals surface area contributed by atoms with Crippen LogP contribution < -0.4 is 97.4 Å². The van der Waals surface area contributed by atoms with Gasteiger partial charge in [0.1, 0.15) is 103 Å². The van der Waals surface area contributed by atoms with Gasteiger partial charge in [0.05, 0.1) is 6.61 Å². The van der Waals surface area contributed by atoms with E-state index in [1.165, 1.54) is 33.4 Å². The number of aliphatic hydroxyl groups excluding tert-OH is 1. The van der Waals surface area contributed by atoms with Gasteiger partial charge in [-0.15, -0.1) is 0 Å². The van der Waals surface area contributed by atoms with Gasteiger partial charge < -0.3 is 132 Å². The summed E-state index contributed by atoms with van der Waals surface area (Å²) >= 11 is 6.54. The highest BCUT2D eigenvalue weighted by Gasteiger charge is 2.48. The zero-order valence-electron chi connectivity index (χ0n) is 83.8. The van der Waals surface area contributed by atoms with Gasteiger partial charge in [-0.05, 0) is 184 Å². The molecule has 0 radical (unpaired) electrons. The number of amides is 18. The van der Waals surface area contributed by atoms with Crippen LogP contribution in [-0.4, -0.2) is 332 Å². The number of aliphatic carboxylic acids is 2. The smallest absolute Gasteiger partial charge is 0.481 e. The third-order valence-corrected chi connectivity index (χ3v) is 27.9. The SMILES string of the molecule is CCCC[C@@H]1NC(=O)[C@H](CCCCN)NC(=O)[C@H](CCCNC(=N)N)NC(=O)[C@H](CC(C)C)NC(=O)[C@@H](NC(=O)[C@H](Cc2cccc(Cl)c2)NC(=O)[C@@H]2CCCN2C(=O)[C@@H](NC(C)=O)C(C)C)CCSSC[C@@H](C(=O)N[C@@H](CCCCN)C(=O)N2CCC[C@H]2C(=O)N2CCC[C@H]2C(=O)N[C@@H](CCC(=O)O)C(N)=O)NC(=O)[C@H](Cc2ccccc2)NC(=O)[C@H](CO)NC(=O)[C@H](C)NC(=O)[C@@H]2CCCN2C1=O.O=C(O)C(F)(F)F. The van der Waals surface area contributed by atoms with Crippen molar-refractivity contribution in [1.29, 1.82) is 5.41 Å². The lowest BCUT2D eigenvalue weighted by Crippen LogP contribution is -2.61. The number of rotatable bonds is 39. The number of alkyl halides is 3. The summed E-state index contributed by atoms with van der Waals surface area (Å²) in [7, 11) is 1.93. The lowest BCUT2D eigenvalue weighted by molar-refractivity contribution is -0.192. The van der Waals surface area contributed by atoms with Crippen molar-refractivity contribution in [2.24, 2.45) is 34.8 Å². The Bertz CT molecular complexity index is 4870. The Labute approximate surface area is 864 Å². The summed E-state index contributed by atoms with van der Waals surface area (Å²) in [5, 5.41) is 73.4. The van der Waals surface area contributed by atoms with Crippen LogP contribution in [0.15, 0.2) is 54.6 Å². The number of unbranched alkanes of at least 4 members (excludes halogenated alkanes) is 3. The fourth-order valence-electron chi connectivity index (χ4n) is 17.5. The highest BCUT2D eigenvalue weighted by Crippen LogP contribution is 2.31. The molecular formula is C95H145ClF3N23O23S2. The van der Waals surface area contributed by atoms with Crippen molar-refractivity contribution in [2.75, 3.05) is 63.9 Å². The van der Waals surface area contributed by atoms with Gasteiger partial charge in [-0.2, -0.15) is 13.2 Å². The molecule has 5 saturated heterocycles. The van der Waals surface area contributed by atoms with Crippen LogP contribution in [0.3, 0.4) is 0 Å². The molecule has 0 spiro atoms. The molecule has 0 unspecified atom stereocenters. The van der Waals surface area contributed by atoms with Crippen molar-refractivity contribution in [3.63, 3.8) is 0 Å². The summed E-state index contributed by atoms with van der Waals surface area (Å²) in [6.45, 7) is 10.8. The number of carbonyl (C=O) groups excluding carboxylic acids is 18. The number of nitrogens with one attached hydrogen (secondary N) is 15. The Morgan fingerprint density at radius 2 is 1.09 bits per heavy atom. The molecule has 2 aromatic rings. The molecule has 0 aromatic heterocycles. The summed E-state index contributed by atoms with van der Waals surface area (Å²) in [5.41, 5.74) is 24.1. The Hall–Kier alpha value is -12.2. The van der Waals surface area contributed by atoms with Gasteiger partial charge in [-0.3, -0.25) is 96.5 Å². The van der Waals surface area contributed by atoms with Gasteiger partial charge in [0.2, 0.25) is 106 Å². The van der Waals surface area contributed by atoms with Gasteiger partial charge in [-0.25, -0.2) is 4.79 Å². The van der Waals surface area contributed by atoms with E-state index in [0.717, 1.165) is 21.6 Å². The zero-order chi connectivity index (χ0) is 109. The third kappa shape index (κ3) is 40.4. The molecule has 147 heavy (non-hydrogen) atoms. The van der Waals surface area contributed by atoms with Crippen molar-refractivity contribution in [3.05, 3.63) is 70.7 Å². The van der Waals surface area contributed by atoms with E-state index in [1.807, 2.05) is 6.92 Å². The fourth-order valence-corrected chi connectivity index (χ4v) is 19.9. The van der Waals surface area contributed by atoms with Crippen molar-refractivity contribution in [2.45, 2.75) is 318 Å². The predicted molar refractivity (Wildman–Crippen MR) is 536 cm³/mol. The van der Waals surface area contributed by atoms with Crippen molar-refractivity contribution in [3.8, 4) is 0 Å². The molecule has 17 atom stereocenters. The van der Waals surface area contributed by atoms with Gasteiger partial charge >= 0.3 is 18.1 Å². The van der Waals surface area contributed by atoms with Crippen LogP contribution >= 0.6 is 33.2 Å². The molecule has 46 nitrogen and oxygen atoms in total. The van der Waals surface area contributed by atoms with E-state index in [2.05, 4.69) is 74.4 Å². The predicted octanol–water partition coefficient (Wildman–Crippen LogP) is -1.39. The number of likely N-dealkylation sites (tertiary alicyclic amines) is 3. The van der Waals surface area contributed by atoms with Crippen LogP contribution in [0.5, 0.6) is 0 Å². The zero-order valence-corrected chi connectivity index (χ0v) is 86.2. The molecular weight excluding hydrogens is 1990 g/mol. The van der Waals surface area contributed by atoms with Crippen LogP contribution in [0, 0.1) is 17.2 Å². The minimum absolute atomic E-state index is 0.00894. The molecule has 818 valence electrons. The first-order valence-electron chi connectivity index (χ1n) is 49.7. The van der Waals surface area contributed by atoms with Crippen LogP contribution in [0.25, 0.3) is 0 Å². The number of nitrogens with two attached hydrogens (primary N) is 4. The number of fused-ring (bicyclic) bond motifs is 1. The van der Waals surface area contributed by atoms with Crippen molar-refractivity contribution >= 4 is 157 Å². The molecule has 18 amide bonds. The molecule has 0 saturated carbocycles. The molecule has 0 aliphatic carbocycles. The number of primary amides is 1. The fraction of sp³-hybridized carbons (Fsp3) is 0.653. The number of hydrogen-bond acceptors (Lipinski definition) is 26. The molecule has 7 rings (SSSR count). The molecule has 5 aliphatic rings. The van der Waals surface area contributed by atoms with E-state index >= 15 is 33.6 Å². The minimum atomic E-state index is -5.08. The summed E-state index contributed by atoms with van der Waals surface area (Å²) < 4.78 is 31.7. The number of carboxylic acid groups (broad SMARTS) is 2. The van der Waals surface area contributed by atoms with E-state index in [-0.39, 0.29) is 166 Å². The number of nitrogens with zero attached hydrogens (tertiary/aromatic N) is 4. The van der Waals surface area contributed by atoms with Crippen molar-refractivity contribution in [1.82, 2.24) is 94.0 Å². The first kappa shape index (κ1) is 123. The first-order chi connectivity index (χ1) is 69.6. The van der Waals surface area contributed by atoms with E-state index < -0.39 is 264 Å². The quantitative estimate of drug-likeness (QED) is 0.0158. The second kappa shape index (κ2) is 62.2. The monoisotopic (exact) mass is 2130 g/mol. The number of carboxylic acids is 2. The lowest BCUT2D eigenvalue weighted by atomic mass is 10.0. The normalized spacial score (nSPS) is 23.5. The topological polar surface area (TPSA) is 711 Å². The van der Waals surface area contributed by atoms with Gasteiger partial charge in [0.15, 0.2) is 5.96 Å². The summed E-state index contributed by atoms with van der Waals surface area (Å²) in [5.74, 6) is -21.0. The Kier molecular flexibility index (Phi) is 52.2. The average molecular weight is 2130 g/mol. The largest absolute Gasteiger partial charge is 0.490 e. The second-order valence-electron chi connectivity index (χ2n) is 37.6. The molecule has 52 heteroatoms. The van der Waals surface area contributed by atoms with Crippen LogP contribution in [0.1, 0.15) is 207 Å². The molecule has 0 bridgehead atoms. The highest BCUT2D eigenvalue weighted by atomic mass is 35.5. The molecule has 26 N–H and O–H groups in total. The molecule has 5 heterocycles. The van der Waals surface area contributed by atoms with Gasteiger partial charge in [0, 0.05) is 75.4 Å². The van der Waals surface area contributed by atoms with Crippen LogP contribution in [-0.2, 0) is 109 Å². The van der Waals surface area contributed by atoms with E-state index in [4.69, 9.17) is 49.8 Å². The standard InChI is InChI=1S/C93H144ClN23O21S2.C2HF3O2/c1-8-9-27-63-89(135)114-41-19-31-70(114)86(132)101-54(6)77(123)112-68(50-118)84(130)110-66(48-56-23-11-10-12-24-56)83(129)113-69(85(131)108-64(29-14-16-39-96)90(136)117-44-22-34-73(117)91(137)115-42-20-32-71(115)87(133)103-59(76(97)122)35-36-74(120)121)51-140-139-45-37-62(80(126)109-65(46-52(2)3)81(127)105-61(30-18-40-100-93(98)99)78(124)104-60(79(125)107-63)28-13-15-38-95)106-82(128)67(49-57-25-17-26-58(94)47-57)111-88(134)72-33-21-43-116(72)92(138)75(53(4)5)102-55(7)119;3-2(4,5)1(6)7/h10-12,17,23-26,47,52-54,59-73,75,118H,8-9,13-16,18-22,27-46,48-51,95-96H2,1-7H3,(H2,97,122)(H,101,132)(H,102,119)(H,103,133)(H,104,124)(H,105,127)(H,106,128)(H,107,125)(H,108,131)(H,109,126)(H,110,130)(H,111,134)(H,112,123)(H,113,129)(H,120,121)(H4,98,99,100);(H,6,7)/t54-,59-,60-,61-,62-,63-,64-,65-,66-,67-,68-,69-,70-,71-,72-,73-,75-;/m0./s1. The van der Waals surface area contributed by atoms with Gasteiger partial charge in [-0.1, -0.05) is 123 Å². The Morgan fingerprint density at radius 3 is 1.67 bits per heavy atom. The number of halogens is 4. The van der Waals surface area contributed by atoms with Crippen molar-refractivity contribution < 1.29 is 124 Å². The maximum atomic E-state index is 15.7. The first-order valence-corrected chi connectivity index (χ1v) is 52.6. The van der Waals surface area contributed by atoms with E-state index in [1.54, 1.807) is 82.3 Å². The number of carbonyl (C=O) groups is 20. The second-order valence-corrected chi connectivity index (χ2v) is 40.7. The summed E-state index contributed by atoms with van der Waals surface area (Å²) in [6.07, 6.45) is -3.29. The maximum absolute atomic E-state index is 15.7. The van der Waals surface area contributed by atoms with Crippen LogP contribution in [0.4, 0.5) is 13.2 Å². The Balaban J connectivity index is 0.00000454. The molecule has 5 aliphatic heterocycles. The number of hydrogen-bond donors (Lipinski definition) is 22. The number of guanidine groups is 1. The van der Waals surface area contributed by atoms with E-state index in [9.17, 15) is 80.9 Å². The summed E-state index contributed by atoms with van der Waals surface area (Å²) in [6, 6.07) is -9.66. The highest BCUT2D eigenvalue weighted by molar-refractivity contribution is 8.76. The number of benzene rings is 2.